The van der Waals surface area contributed by atoms with E-state index in [1.165, 1.54) is 10.4 Å². The van der Waals surface area contributed by atoms with Gasteiger partial charge in [-0.1, -0.05) is 6.92 Å². The molecule has 0 spiro atoms. The summed E-state index contributed by atoms with van der Waals surface area (Å²) in [5.74, 6) is 1.09. The second-order valence-corrected chi connectivity index (χ2v) is 8.27. The minimum Gasteiger partial charge on any atom is -0.357 e. The van der Waals surface area contributed by atoms with Crippen molar-refractivity contribution in [2.45, 2.75) is 52.1 Å². The molecule has 1 saturated heterocycles. The third kappa shape index (κ3) is 5.25. The zero-order valence-corrected chi connectivity index (χ0v) is 17.7. The van der Waals surface area contributed by atoms with Crippen molar-refractivity contribution >= 4 is 29.1 Å². The maximum Gasteiger partial charge on any atom is 0.224 e. The van der Waals surface area contributed by atoms with Gasteiger partial charge in [0.2, 0.25) is 11.8 Å². The zero-order valence-electron chi connectivity index (χ0n) is 16.9. The molecular formula is C20H31N5O2S. The first-order valence-electron chi connectivity index (χ1n) is 10.3. The van der Waals surface area contributed by atoms with Gasteiger partial charge in [-0.2, -0.15) is 0 Å². The van der Waals surface area contributed by atoms with Crippen LogP contribution in [0.15, 0.2) is 16.4 Å². The molecule has 154 valence electrons. The lowest BCUT2D eigenvalue weighted by molar-refractivity contribution is -0.132. The van der Waals surface area contributed by atoms with Crippen LogP contribution >= 0.6 is 11.3 Å². The van der Waals surface area contributed by atoms with Gasteiger partial charge in [-0.05, 0) is 36.8 Å². The minimum atomic E-state index is 0.164. The second kappa shape index (κ2) is 9.91. The molecular weight excluding hydrogens is 374 g/mol. The van der Waals surface area contributed by atoms with Crippen LogP contribution in [0, 0.1) is 0 Å². The Morgan fingerprint density at radius 3 is 2.89 bits per heavy atom. The number of hydrogen-bond acceptors (Lipinski definition) is 4. The number of carbonyl (C=O) groups excluding carboxylic acids is 2. The molecule has 8 heteroatoms. The summed E-state index contributed by atoms with van der Waals surface area (Å²) in [5.41, 5.74) is 1.29. The van der Waals surface area contributed by atoms with Crippen LogP contribution in [0.1, 0.15) is 43.6 Å². The zero-order chi connectivity index (χ0) is 19.9. The molecule has 1 unspecified atom stereocenters. The van der Waals surface area contributed by atoms with Gasteiger partial charge >= 0.3 is 0 Å². The molecule has 2 N–H and O–H groups in total. The highest BCUT2D eigenvalue weighted by molar-refractivity contribution is 7.10. The van der Waals surface area contributed by atoms with Gasteiger partial charge in [0.25, 0.3) is 0 Å². The number of nitrogens with one attached hydrogen (secondary N) is 2. The first-order valence-corrected chi connectivity index (χ1v) is 11.1. The largest absolute Gasteiger partial charge is 0.357 e. The standard InChI is InChI=1S/C20H31N5O2S/c1-3-18(26)25-10-6-16(14-25)23-20(21-4-2)22-9-5-19(27)24-11-7-17-15(13-24)8-12-28-17/h8,12,16H,3-7,9-11,13-14H2,1-2H3,(H2,21,22,23). The number of guanidine groups is 1. The van der Waals surface area contributed by atoms with Crippen LogP contribution in [0.5, 0.6) is 0 Å². The minimum absolute atomic E-state index is 0.164. The molecule has 7 nitrogen and oxygen atoms in total. The molecule has 3 heterocycles. The van der Waals surface area contributed by atoms with Crippen LogP contribution < -0.4 is 10.6 Å². The molecule has 1 aromatic heterocycles. The van der Waals surface area contributed by atoms with E-state index in [0.29, 0.717) is 25.9 Å². The SMILES string of the molecule is CCNC(=NCCC(=O)N1CCc2sccc2C1)NC1CCN(C(=O)CC)C1. The molecule has 1 atom stereocenters. The van der Waals surface area contributed by atoms with E-state index in [1.54, 1.807) is 11.3 Å². The molecule has 2 amide bonds. The Bertz CT molecular complexity index is 717. The monoisotopic (exact) mass is 405 g/mol. The van der Waals surface area contributed by atoms with Crippen LogP contribution in [-0.4, -0.2) is 66.3 Å². The smallest absolute Gasteiger partial charge is 0.224 e. The first kappa shape index (κ1) is 20.6. The third-order valence-corrected chi connectivity index (χ3v) is 6.31. The topological polar surface area (TPSA) is 77.0 Å². The van der Waals surface area contributed by atoms with Crippen LogP contribution in [0.4, 0.5) is 0 Å². The van der Waals surface area contributed by atoms with Crippen molar-refractivity contribution in [3.8, 4) is 0 Å². The van der Waals surface area contributed by atoms with Gasteiger partial charge in [0.15, 0.2) is 5.96 Å². The fourth-order valence-electron chi connectivity index (χ4n) is 3.72. The van der Waals surface area contributed by atoms with Crippen LogP contribution in [0.2, 0.25) is 0 Å². The van der Waals surface area contributed by atoms with Gasteiger partial charge in [-0.25, -0.2) is 0 Å². The van der Waals surface area contributed by atoms with E-state index in [-0.39, 0.29) is 17.9 Å². The Morgan fingerprint density at radius 2 is 2.11 bits per heavy atom. The summed E-state index contributed by atoms with van der Waals surface area (Å²) in [4.78, 5) is 34.2. The molecule has 2 aliphatic heterocycles. The van der Waals surface area contributed by atoms with E-state index in [4.69, 9.17) is 0 Å². The van der Waals surface area contributed by atoms with Gasteiger partial charge in [-0.3, -0.25) is 14.6 Å². The van der Waals surface area contributed by atoms with Crippen molar-refractivity contribution in [1.29, 1.82) is 0 Å². The number of likely N-dealkylation sites (tertiary alicyclic amines) is 1. The Hall–Kier alpha value is -2.09. The lowest BCUT2D eigenvalue weighted by atomic mass is 10.1. The molecule has 2 aliphatic rings. The van der Waals surface area contributed by atoms with E-state index < -0.39 is 0 Å². The number of aliphatic imine (C=N–C) groups is 1. The summed E-state index contributed by atoms with van der Waals surface area (Å²) in [7, 11) is 0. The fraction of sp³-hybridized carbons (Fsp3) is 0.650. The molecule has 0 bridgehead atoms. The van der Waals surface area contributed by atoms with Gasteiger partial charge < -0.3 is 20.4 Å². The number of rotatable bonds is 6. The van der Waals surface area contributed by atoms with Crippen molar-refractivity contribution in [2.24, 2.45) is 4.99 Å². The quantitative estimate of drug-likeness (QED) is 0.557. The maximum atomic E-state index is 12.5. The number of nitrogens with zero attached hydrogens (tertiary/aromatic N) is 3. The molecule has 3 rings (SSSR count). The van der Waals surface area contributed by atoms with Gasteiger partial charge in [0, 0.05) is 56.5 Å². The number of amides is 2. The average molecular weight is 406 g/mol. The summed E-state index contributed by atoms with van der Waals surface area (Å²) in [6.45, 7) is 8.18. The maximum absolute atomic E-state index is 12.5. The highest BCUT2D eigenvalue weighted by Gasteiger charge is 2.26. The highest BCUT2D eigenvalue weighted by Crippen LogP contribution is 2.24. The lowest BCUT2D eigenvalue weighted by Gasteiger charge is -2.27. The molecule has 0 aliphatic carbocycles. The summed E-state index contributed by atoms with van der Waals surface area (Å²) >= 11 is 1.78. The average Bonchev–Trinajstić information content (AvgIpc) is 3.36. The Kier molecular flexibility index (Phi) is 7.30. The third-order valence-electron chi connectivity index (χ3n) is 5.28. The summed E-state index contributed by atoms with van der Waals surface area (Å²) in [5, 5.41) is 8.76. The molecule has 0 aromatic carbocycles. The normalized spacial score (nSPS) is 19.5. The Balaban J connectivity index is 1.47. The van der Waals surface area contributed by atoms with E-state index in [2.05, 4.69) is 27.1 Å². The highest BCUT2D eigenvalue weighted by atomic mass is 32.1. The number of fused-ring (bicyclic) bond motifs is 1. The van der Waals surface area contributed by atoms with E-state index in [9.17, 15) is 9.59 Å². The van der Waals surface area contributed by atoms with E-state index in [0.717, 1.165) is 45.0 Å². The molecule has 28 heavy (non-hydrogen) atoms. The summed E-state index contributed by atoms with van der Waals surface area (Å²) in [6, 6.07) is 2.34. The molecule has 0 saturated carbocycles. The van der Waals surface area contributed by atoms with Gasteiger partial charge in [0.1, 0.15) is 0 Å². The summed E-state index contributed by atoms with van der Waals surface area (Å²) < 4.78 is 0. The molecule has 1 aromatic rings. The van der Waals surface area contributed by atoms with Crippen molar-refractivity contribution in [3.05, 3.63) is 21.9 Å². The molecule has 1 fully saturated rings. The predicted molar refractivity (Wildman–Crippen MR) is 112 cm³/mol. The number of carbonyl (C=O) groups is 2. The first-order chi connectivity index (χ1) is 13.6. The van der Waals surface area contributed by atoms with Gasteiger partial charge in [-0.15, -0.1) is 11.3 Å². The van der Waals surface area contributed by atoms with Crippen LogP contribution in [0.25, 0.3) is 0 Å². The fourth-order valence-corrected chi connectivity index (χ4v) is 4.61. The van der Waals surface area contributed by atoms with E-state index in [1.807, 2.05) is 23.6 Å². The van der Waals surface area contributed by atoms with Crippen LogP contribution in [-0.2, 0) is 22.6 Å². The Labute approximate surface area is 171 Å². The van der Waals surface area contributed by atoms with Crippen LogP contribution in [0.3, 0.4) is 0 Å². The molecule has 0 radical (unpaired) electrons. The lowest BCUT2D eigenvalue weighted by Crippen LogP contribution is -2.45. The Morgan fingerprint density at radius 1 is 1.25 bits per heavy atom. The number of thiophene rings is 1. The van der Waals surface area contributed by atoms with Crippen molar-refractivity contribution in [3.63, 3.8) is 0 Å². The van der Waals surface area contributed by atoms with Crippen molar-refractivity contribution < 1.29 is 9.59 Å². The van der Waals surface area contributed by atoms with Crippen molar-refractivity contribution in [1.82, 2.24) is 20.4 Å². The number of hydrogen-bond donors (Lipinski definition) is 2. The summed E-state index contributed by atoms with van der Waals surface area (Å²) in [6.07, 6.45) is 2.85. The van der Waals surface area contributed by atoms with Crippen molar-refractivity contribution in [2.75, 3.05) is 32.7 Å². The second-order valence-electron chi connectivity index (χ2n) is 7.27. The van der Waals surface area contributed by atoms with Gasteiger partial charge in [0.05, 0.1) is 6.54 Å². The van der Waals surface area contributed by atoms with E-state index >= 15 is 0 Å². The predicted octanol–water partition coefficient (Wildman–Crippen LogP) is 1.59.